The summed E-state index contributed by atoms with van der Waals surface area (Å²) < 4.78 is 0. The van der Waals surface area contributed by atoms with Crippen LogP contribution in [0.5, 0.6) is 0 Å². The number of nitrogens with zero attached hydrogens (tertiary/aromatic N) is 2. The summed E-state index contributed by atoms with van der Waals surface area (Å²) in [6.45, 7) is 5.11. The Labute approximate surface area is 157 Å². The highest BCUT2D eigenvalue weighted by molar-refractivity contribution is 5.81. The Bertz CT molecular complexity index is 534. The van der Waals surface area contributed by atoms with E-state index in [0.29, 0.717) is 36.9 Å². The first-order valence-corrected chi connectivity index (χ1v) is 10.7. The first kappa shape index (κ1) is 18.1. The summed E-state index contributed by atoms with van der Waals surface area (Å²) >= 11 is 0. The topological polar surface area (TPSA) is 64.7 Å². The molecule has 2 saturated carbocycles. The van der Waals surface area contributed by atoms with E-state index in [-0.39, 0.29) is 18.1 Å². The van der Waals surface area contributed by atoms with Gasteiger partial charge in [0.05, 0.1) is 12.1 Å². The van der Waals surface area contributed by atoms with Crippen LogP contribution >= 0.6 is 0 Å². The summed E-state index contributed by atoms with van der Waals surface area (Å²) in [6.07, 6.45) is 9.79. The average Bonchev–Trinajstić information content (AvgIpc) is 3.06. The molecule has 2 N–H and O–H groups in total. The van der Waals surface area contributed by atoms with Crippen molar-refractivity contribution in [3.05, 3.63) is 0 Å². The maximum atomic E-state index is 13.4. The molecule has 4 rings (SSSR count). The molecule has 0 bridgehead atoms. The Hall–Kier alpha value is -1.30. The Morgan fingerprint density at radius 2 is 1.85 bits per heavy atom. The predicted molar refractivity (Wildman–Crippen MR) is 100 cm³/mol. The Morgan fingerprint density at radius 3 is 2.58 bits per heavy atom. The van der Waals surface area contributed by atoms with Gasteiger partial charge in [0.15, 0.2) is 0 Å². The molecule has 3 amide bonds. The van der Waals surface area contributed by atoms with Crippen LogP contribution in [0.15, 0.2) is 0 Å². The zero-order chi connectivity index (χ0) is 18.1. The highest BCUT2D eigenvalue weighted by Crippen LogP contribution is 2.37. The van der Waals surface area contributed by atoms with Gasteiger partial charge in [-0.05, 0) is 43.9 Å². The van der Waals surface area contributed by atoms with Crippen molar-refractivity contribution in [1.29, 1.82) is 0 Å². The zero-order valence-corrected chi connectivity index (χ0v) is 16.1. The largest absolute Gasteiger partial charge is 0.336 e. The minimum absolute atomic E-state index is 0.0148. The van der Waals surface area contributed by atoms with Crippen LogP contribution in [-0.2, 0) is 4.79 Å². The van der Waals surface area contributed by atoms with Crippen molar-refractivity contribution in [2.75, 3.05) is 26.2 Å². The van der Waals surface area contributed by atoms with E-state index in [1.807, 2.05) is 4.90 Å². The van der Waals surface area contributed by atoms with Crippen LogP contribution in [-0.4, -0.2) is 60.1 Å². The number of amides is 3. The molecule has 4 atom stereocenters. The van der Waals surface area contributed by atoms with Crippen molar-refractivity contribution >= 4 is 11.9 Å². The molecule has 0 aromatic carbocycles. The van der Waals surface area contributed by atoms with Crippen LogP contribution in [0.3, 0.4) is 0 Å². The second kappa shape index (κ2) is 7.75. The number of nitrogens with one attached hydrogen (secondary N) is 2. The Morgan fingerprint density at radius 1 is 1.04 bits per heavy atom. The molecule has 6 nitrogen and oxygen atoms in total. The van der Waals surface area contributed by atoms with E-state index >= 15 is 0 Å². The lowest BCUT2D eigenvalue weighted by molar-refractivity contribution is -0.150. The monoisotopic (exact) mass is 362 g/mol. The third kappa shape index (κ3) is 3.57. The van der Waals surface area contributed by atoms with Crippen molar-refractivity contribution in [1.82, 2.24) is 20.4 Å². The van der Waals surface area contributed by atoms with Crippen molar-refractivity contribution < 1.29 is 9.59 Å². The minimum atomic E-state index is 0.0148. The molecule has 0 spiro atoms. The highest BCUT2D eigenvalue weighted by atomic mass is 16.2. The highest BCUT2D eigenvalue weighted by Gasteiger charge is 2.45. The van der Waals surface area contributed by atoms with Crippen LogP contribution in [0, 0.1) is 17.8 Å². The van der Waals surface area contributed by atoms with Gasteiger partial charge in [0.25, 0.3) is 0 Å². The number of urea groups is 1. The van der Waals surface area contributed by atoms with Crippen molar-refractivity contribution in [2.24, 2.45) is 17.8 Å². The SMILES string of the molecule is CC1CC[C@H]2C(=O)N(CCN3CCNC3=O)C(C3CCCCC3)NC2C1. The lowest BCUT2D eigenvalue weighted by Crippen LogP contribution is -2.67. The number of hydrogen-bond acceptors (Lipinski definition) is 3. The quantitative estimate of drug-likeness (QED) is 0.805. The van der Waals surface area contributed by atoms with E-state index in [9.17, 15) is 9.59 Å². The van der Waals surface area contributed by atoms with Crippen LogP contribution in [0.25, 0.3) is 0 Å². The van der Waals surface area contributed by atoms with E-state index in [2.05, 4.69) is 22.5 Å². The molecule has 4 fully saturated rings. The van der Waals surface area contributed by atoms with Gasteiger partial charge < -0.3 is 15.1 Å². The van der Waals surface area contributed by atoms with Crippen LogP contribution in [0.1, 0.15) is 58.3 Å². The second-order valence-electron chi connectivity index (χ2n) is 8.89. The molecule has 2 heterocycles. The number of fused-ring (bicyclic) bond motifs is 1. The van der Waals surface area contributed by atoms with Crippen molar-refractivity contribution in [3.8, 4) is 0 Å². The average molecular weight is 363 g/mol. The van der Waals surface area contributed by atoms with E-state index in [1.165, 1.54) is 32.1 Å². The first-order chi connectivity index (χ1) is 12.6. The van der Waals surface area contributed by atoms with Gasteiger partial charge in [-0.1, -0.05) is 26.2 Å². The molecule has 4 aliphatic rings. The molecule has 0 aromatic rings. The van der Waals surface area contributed by atoms with Gasteiger partial charge >= 0.3 is 6.03 Å². The molecule has 6 heteroatoms. The van der Waals surface area contributed by atoms with E-state index in [1.54, 1.807) is 0 Å². The predicted octanol–water partition coefficient (Wildman–Crippen LogP) is 2.15. The van der Waals surface area contributed by atoms with Gasteiger partial charge in [0.2, 0.25) is 5.91 Å². The maximum Gasteiger partial charge on any atom is 0.317 e. The lowest BCUT2D eigenvalue weighted by Gasteiger charge is -2.50. The summed E-state index contributed by atoms with van der Waals surface area (Å²) in [5.41, 5.74) is 0. The third-order valence-electron chi connectivity index (χ3n) is 7.09. The molecule has 3 unspecified atom stereocenters. The number of rotatable bonds is 4. The number of carbonyl (C=O) groups is 2. The summed E-state index contributed by atoms with van der Waals surface area (Å²) in [5.74, 6) is 1.76. The molecule has 0 aromatic heterocycles. The third-order valence-corrected chi connectivity index (χ3v) is 7.09. The molecule has 0 radical (unpaired) electrons. The molecular formula is C20H34N4O2. The fraction of sp³-hybridized carbons (Fsp3) is 0.900. The van der Waals surface area contributed by atoms with Gasteiger partial charge in [-0.15, -0.1) is 0 Å². The standard InChI is InChI=1S/C20H34N4O2/c1-14-7-8-16-17(13-14)22-18(15-5-3-2-4-6-15)24(19(16)25)12-11-23-10-9-21-20(23)26/h14-18,22H,2-13H2,1H3,(H,21,26)/t14?,16-,17?,18?/m1/s1. The van der Waals surface area contributed by atoms with Crippen LogP contribution in [0.4, 0.5) is 4.79 Å². The maximum absolute atomic E-state index is 13.4. The fourth-order valence-corrected chi connectivity index (χ4v) is 5.56. The lowest BCUT2D eigenvalue weighted by atomic mass is 9.75. The van der Waals surface area contributed by atoms with E-state index in [0.717, 1.165) is 32.4 Å². The molecule has 146 valence electrons. The van der Waals surface area contributed by atoms with Gasteiger partial charge in [-0.25, -0.2) is 4.79 Å². The van der Waals surface area contributed by atoms with Crippen LogP contribution < -0.4 is 10.6 Å². The Kier molecular flexibility index (Phi) is 5.39. The number of carbonyl (C=O) groups excluding carboxylic acids is 2. The fourth-order valence-electron chi connectivity index (χ4n) is 5.56. The van der Waals surface area contributed by atoms with Gasteiger partial charge in [0.1, 0.15) is 0 Å². The van der Waals surface area contributed by atoms with E-state index < -0.39 is 0 Å². The molecule has 2 aliphatic heterocycles. The molecule has 26 heavy (non-hydrogen) atoms. The molecule has 2 saturated heterocycles. The number of hydrogen-bond donors (Lipinski definition) is 2. The molecular weight excluding hydrogens is 328 g/mol. The summed E-state index contributed by atoms with van der Waals surface area (Å²) in [6, 6.07) is 0.366. The zero-order valence-electron chi connectivity index (χ0n) is 16.1. The Balaban J connectivity index is 1.49. The van der Waals surface area contributed by atoms with Gasteiger partial charge in [0, 0.05) is 32.2 Å². The summed E-state index contributed by atoms with van der Waals surface area (Å²) in [5, 5.41) is 6.77. The summed E-state index contributed by atoms with van der Waals surface area (Å²) in [7, 11) is 0. The summed E-state index contributed by atoms with van der Waals surface area (Å²) in [4.78, 5) is 29.2. The van der Waals surface area contributed by atoms with E-state index in [4.69, 9.17) is 0 Å². The minimum Gasteiger partial charge on any atom is -0.336 e. The second-order valence-corrected chi connectivity index (χ2v) is 8.89. The first-order valence-electron chi connectivity index (χ1n) is 10.7. The van der Waals surface area contributed by atoms with Crippen LogP contribution in [0.2, 0.25) is 0 Å². The van der Waals surface area contributed by atoms with Gasteiger partial charge in [-0.2, -0.15) is 0 Å². The smallest absolute Gasteiger partial charge is 0.317 e. The van der Waals surface area contributed by atoms with Crippen molar-refractivity contribution in [3.63, 3.8) is 0 Å². The normalized spacial score (nSPS) is 36.2. The van der Waals surface area contributed by atoms with Crippen molar-refractivity contribution in [2.45, 2.75) is 70.5 Å². The van der Waals surface area contributed by atoms with Gasteiger partial charge in [-0.3, -0.25) is 10.1 Å². The molecule has 2 aliphatic carbocycles.